The van der Waals surface area contributed by atoms with Gasteiger partial charge in [-0.1, -0.05) is 0 Å². The number of fused-ring (bicyclic) bond motifs is 1. The second-order valence-corrected chi connectivity index (χ2v) is 3.61. The summed E-state index contributed by atoms with van der Waals surface area (Å²) in [5.74, 6) is 0.854. The lowest BCUT2D eigenvalue weighted by Crippen LogP contribution is -1.91. The minimum Gasteiger partial charge on any atom is -0.396 e. The molecular formula is C11H14N2O. The number of nitrogens with zero attached hydrogens (tertiary/aromatic N) is 1. The van der Waals surface area contributed by atoms with Crippen LogP contribution in [0.5, 0.6) is 0 Å². The number of aromatic amines is 1. The highest BCUT2D eigenvalue weighted by Crippen LogP contribution is 2.17. The number of aromatic nitrogens is 2. The van der Waals surface area contributed by atoms with Gasteiger partial charge < -0.3 is 10.1 Å². The summed E-state index contributed by atoms with van der Waals surface area (Å²) in [5.41, 5.74) is 4.55. The van der Waals surface area contributed by atoms with Crippen molar-refractivity contribution in [3.63, 3.8) is 0 Å². The van der Waals surface area contributed by atoms with Crippen LogP contribution in [0.2, 0.25) is 0 Å². The smallest absolute Gasteiger partial charge is 0.109 e. The lowest BCUT2D eigenvalue weighted by molar-refractivity contribution is 0.297. The van der Waals surface area contributed by atoms with Crippen LogP contribution in [-0.4, -0.2) is 21.7 Å². The van der Waals surface area contributed by atoms with Gasteiger partial charge in [0.25, 0.3) is 0 Å². The third-order valence-electron chi connectivity index (χ3n) is 2.50. The molecule has 1 aromatic carbocycles. The Labute approximate surface area is 82.8 Å². The van der Waals surface area contributed by atoms with Crippen LogP contribution in [0.25, 0.3) is 11.0 Å². The minimum absolute atomic E-state index is 0.137. The summed E-state index contributed by atoms with van der Waals surface area (Å²) in [6, 6.07) is 4.17. The first-order valence-electron chi connectivity index (χ1n) is 4.77. The molecular weight excluding hydrogens is 176 g/mol. The summed E-state index contributed by atoms with van der Waals surface area (Å²) >= 11 is 0. The molecule has 14 heavy (non-hydrogen) atoms. The summed E-state index contributed by atoms with van der Waals surface area (Å²) < 4.78 is 0. The lowest BCUT2D eigenvalue weighted by Gasteiger charge is -1.97. The van der Waals surface area contributed by atoms with E-state index in [0.29, 0.717) is 6.42 Å². The lowest BCUT2D eigenvalue weighted by atomic mass is 10.1. The van der Waals surface area contributed by atoms with Gasteiger partial charge >= 0.3 is 0 Å². The van der Waals surface area contributed by atoms with Crippen LogP contribution in [0.1, 0.15) is 17.0 Å². The number of hydrogen-bond donors (Lipinski definition) is 2. The molecule has 0 unspecified atom stereocenters. The number of aliphatic hydroxyl groups excluding tert-OH is 1. The molecule has 3 nitrogen and oxygen atoms in total. The van der Waals surface area contributed by atoms with E-state index in [2.05, 4.69) is 35.9 Å². The quantitative estimate of drug-likeness (QED) is 0.757. The zero-order valence-electron chi connectivity index (χ0n) is 8.46. The fourth-order valence-electron chi connectivity index (χ4n) is 1.55. The third kappa shape index (κ3) is 1.51. The molecule has 0 amide bonds. The third-order valence-corrected chi connectivity index (χ3v) is 2.50. The number of aliphatic hydroxyl groups is 1. The van der Waals surface area contributed by atoms with Crippen molar-refractivity contribution in [3.05, 3.63) is 29.1 Å². The number of nitrogens with one attached hydrogen (secondary N) is 1. The summed E-state index contributed by atoms with van der Waals surface area (Å²) in [4.78, 5) is 7.58. The number of benzene rings is 1. The zero-order chi connectivity index (χ0) is 10.1. The maximum absolute atomic E-state index is 8.79. The van der Waals surface area contributed by atoms with Crippen molar-refractivity contribution in [1.29, 1.82) is 0 Å². The molecule has 74 valence electrons. The number of H-pyrrole nitrogens is 1. The average Bonchev–Trinajstić information content (AvgIpc) is 2.48. The Bertz CT molecular complexity index is 421. The van der Waals surface area contributed by atoms with Gasteiger partial charge in [-0.15, -0.1) is 0 Å². The first kappa shape index (κ1) is 9.21. The first-order chi connectivity index (χ1) is 6.70. The van der Waals surface area contributed by atoms with E-state index in [-0.39, 0.29) is 6.61 Å². The molecule has 0 bridgehead atoms. The van der Waals surface area contributed by atoms with Crippen LogP contribution < -0.4 is 0 Å². The van der Waals surface area contributed by atoms with Crippen molar-refractivity contribution in [1.82, 2.24) is 9.97 Å². The van der Waals surface area contributed by atoms with Gasteiger partial charge in [0.2, 0.25) is 0 Å². The van der Waals surface area contributed by atoms with Gasteiger partial charge in [0.1, 0.15) is 5.82 Å². The molecule has 0 atom stereocenters. The van der Waals surface area contributed by atoms with Crippen LogP contribution in [-0.2, 0) is 6.42 Å². The molecule has 2 rings (SSSR count). The number of rotatable bonds is 2. The van der Waals surface area contributed by atoms with Gasteiger partial charge in [0.15, 0.2) is 0 Å². The van der Waals surface area contributed by atoms with Gasteiger partial charge in [-0.05, 0) is 37.1 Å². The average molecular weight is 190 g/mol. The van der Waals surface area contributed by atoms with Crippen molar-refractivity contribution < 1.29 is 5.11 Å². The standard InChI is InChI=1S/C11H14N2O/c1-7-5-9-10(6-8(7)2)13-11(12-9)3-4-14/h5-6,14H,3-4H2,1-2H3,(H,12,13). The number of aryl methyl sites for hydroxylation is 2. The fourth-order valence-corrected chi connectivity index (χ4v) is 1.55. The Balaban J connectivity index is 2.54. The van der Waals surface area contributed by atoms with Crippen LogP contribution in [0.15, 0.2) is 12.1 Å². The molecule has 0 radical (unpaired) electrons. The topological polar surface area (TPSA) is 48.9 Å². The highest BCUT2D eigenvalue weighted by molar-refractivity contribution is 5.77. The van der Waals surface area contributed by atoms with E-state index in [1.807, 2.05) is 0 Å². The fraction of sp³-hybridized carbons (Fsp3) is 0.364. The molecule has 0 saturated carbocycles. The van der Waals surface area contributed by atoms with Gasteiger partial charge in [-0.25, -0.2) is 4.98 Å². The molecule has 0 spiro atoms. The van der Waals surface area contributed by atoms with Crippen molar-refractivity contribution in [2.75, 3.05) is 6.61 Å². The predicted molar refractivity (Wildman–Crippen MR) is 56.4 cm³/mol. The Morgan fingerprint density at radius 1 is 1.29 bits per heavy atom. The second kappa shape index (κ2) is 3.42. The van der Waals surface area contributed by atoms with Crippen LogP contribution in [0.3, 0.4) is 0 Å². The van der Waals surface area contributed by atoms with Gasteiger partial charge in [-0.2, -0.15) is 0 Å². The SMILES string of the molecule is Cc1cc2nc(CCO)[nH]c2cc1C. The number of hydrogen-bond acceptors (Lipinski definition) is 2. The monoisotopic (exact) mass is 190 g/mol. The van der Waals surface area contributed by atoms with Gasteiger partial charge in [0, 0.05) is 6.42 Å². The molecule has 0 fully saturated rings. The Hall–Kier alpha value is -1.35. The molecule has 2 N–H and O–H groups in total. The Kier molecular flexibility index (Phi) is 2.25. The van der Waals surface area contributed by atoms with Crippen molar-refractivity contribution in [3.8, 4) is 0 Å². The molecule has 3 heteroatoms. The first-order valence-corrected chi connectivity index (χ1v) is 4.77. The maximum atomic E-state index is 8.79. The van der Waals surface area contributed by atoms with E-state index < -0.39 is 0 Å². The number of imidazole rings is 1. The van der Waals surface area contributed by atoms with Gasteiger partial charge in [-0.3, -0.25) is 0 Å². The van der Waals surface area contributed by atoms with Crippen molar-refractivity contribution >= 4 is 11.0 Å². The minimum atomic E-state index is 0.137. The van der Waals surface area contributed by atoms with E-state index >= 15 is 0 Å². The van der Waals surface area contributed by atoms with E-state index in [4.69, 9.17) is 5.11 Å². The van der Waals surface area contributed by atoms with Crippen LogP contribution in [0, 0.1) is 13.8 Å². The predicted octanol–water partition coefficient (Wildman–Crippen LogP) is 1.71. The molecule has 0 aliphatic heterocycles. The van der Waals surface area contributed by atoms with Crippen LogP contribution >= 0.6 is 0 Å². The summed E-state index contributed by atoms with van der Waals surface area (Å²) in [6.07, 6.45) is 0.590. The summed E-state index contributed by atoms with van der Waals surface area (Å²) in [7, 11) is 0. The molecule has 1 heterocycles. The highest BCUT2D eigenvalue weighted by atomic mass is 16.3. The highest BCUT2D eigenvalue weighted by Gasteiger charge is 2.03. The van der Waals surface area contributed by atoms with E-state index in [1.165, 1.54) is 11.1 Å². The van der Waals surface area contributed by atoms with E-state index in [9.17, 15) is 0 Å². The van der Waals surface area contributed by atoms with Gasteiger partial charge in [0.05, 0.1) is 17.6 Å². The van der Waals surface area contributed by atoms with Crippen molar-refractivity contribution in [2.24, 2.45) is 0 Å². The Morgan fingerprint density at radius 2 is 2.00 bits per heavy atom. The zero-order valence-corrected chi connectivity index (χ0v) is 8.46. The molecule has 2 aromatic rings. The molecule has 0 saturated heterocycles. The van der Waals surface area contributed by atoms with E-state index in [1.54, 1.807) is 0 Å². The normalized spacial score (nSPS) is 11.1. The van der Waals surface area contributed by atoms with Crippen molar-refractivity contribution in [2.45, 2.75) is 20.3 Å². The molecule has 1 aromatic heterocycles. The summed E-state index contributed by atoms with van der Waals surface area (Å²) in [6.45, 7) is 4.30. The van der Waals surface area contributed by atoms with E-state index in [0.717, 1.165) is 16.9 Å². The maximum Gasteiger partial charge on any atom is 0.109 e. The molecule has 0 aliphatic carbocycles. The largest absolute Gasteiger partial charge is 0.396 e. The Morgan fingerprint density at radius 3 is 2.71 bits per heavy atom. The second-order valence-electron chi connectivity index (χ2n) is 3.61. The van der Waals surface area contributed by atoms with Crippen LogP contribution in [0.4, 0.5) is 0 Å². The summed E-state index contributed by atoms with van der Waals surface area (Å²) in [5, 5.41) is 8.79. The molecule has 0 aliphatic rings.